The van der Waals surface area contributed by atoms with Gasteiger partial charge < -0.3 is 10.2 Å². The molecule has 1 aromatic heterocycles. The van der Waals surface area contributed by atoms with E-state index >= 15 is 0 Å². The monoisotopic (exact) mass is 269 g/mol. The summed E-state index contributed by atoms with van der Waals surface area (Å²) in [6.07, 6.45) is 4.15. The molecule has 0 saturated carbocycles. The van der Waals surface area contributed by atoms with Gasteiger partial charge in [0.2, 0.25) is 0 Å². The topological polar surface area (TPSA) is 88.2 Å². The van der Waals surface area contributed by atoms with Crippen LogP contribution in [-0.4, -0.2) is 37.8 Å². The van der Waals surface area contributed by atoms with Crippen molar-refractivity contribution in [2.24, 2.45) is 5.92 Å². The fourth-order valence-electron chi connectivity index (χ4n) is 1.90. The minimum absolute atomic E-state index is 0.0720. The Labute approximate surface area is 113 Å². The molecule has 0 unspecified atom stereocenters. The van der Waals surface area contributed by atoms with Crippen molar-refractivity contribution in [3.05, 3.63) is 11.4 Å². The maximum atomic E-state index is 11.1. The molecule has 19 heavy (non-hydrogen) atoms. The number of aliphatic hydroxyl groups is 1. The number of carboxylic acids is 1. The van der Waals surface area contributed by atoms with E-state index in [-0.39, 0.29) is 12.3 Å². The summed E-state index contributed by atoms with van der Waals surface area (Å²) < 4.78 is 1.70. The average molecular weight is 269 g/mol. The number of aromatic nitrogens is 3. The molecule has 0 aliphatic heterocycles. The van der Waals surface area contributed by atoms with Crippen molar-refractivity contribution in [1.29, 1.82) is 0 Å². The number of carbonyl (C=O) groups is 1. The van der Waals surface area contributed by atoms with Gasteiger partial charge in [0.05, 0.1) is 5.69 Å². The van der Waals surface area contributed by atoms with Crippen molar-refractivity contribution < 1.29 is 15.0 Å². The van der Waals surface area contributed by atoms with Crippen LogP contribution in [0.15, 0.2) is 0 Å². The molecule has 1 heterocycles. The first-order valence-electron chi connectivity index (χ1n) is 6.82. The van der Waals surface area contributed by atoms with Crippen LogP contribution < -0.4 is 0 Å². The van der Waals surface area contributed by atoms with E-state index in [1.165, 1.54) is 0 Å². The molecule has 0 amide bonds. The highest BCUT2D eigenvalue weighted by atomic mass is 16.4. The van der Waals surface area contributed by atoms with Crippen molar-refractivity contribution in [2.75, 3.05) is 6.61 Å². The average Bonchev–Trinajstić information content (AvgIpc) is 2.75. The zero-order valence-corrected chi connectivity index (χ0v) is 11.7. The summed E-state index contributed by atoms with van der Waals surface area (Å²) in [5, 5.41) is 25.5. The Balaban J connectivity index is 2.70. The lowest BCUT2D eigenvalue weighted by molar-refractivity contribution is 0.0689. The Morgan fingerprint density at radius 2 is 2.05 bits per heavy atom. The standard InChI is InChI=1S/C13H23N3O3/c1-10(2)6-7-11-12(13(18)19)14-15-16(11)8-4-3-5-9-17/h10,17H,3-9H2,1-2H3,(H,18,19). The van der Waals surface area contributed by atoms with Gasteiger partial charge >= 0.3 is 5.97 Å². The van der Waals surface area contributed by atoms with Crippen LogP contribution in [0.25, 0.3) is 0 Å². The number of aryl methyl sites for hydroxylation is 1. The maximum Gasteiger partial charge on any atom is 0.358 e. The molecule has 108 valence electrons. The number of rotatable bonds is 9. The summed E-state index contributed by atoms with van der Waals surface area (Å²) >= 11 is 0. The van der Waals surface area contributed by atoms with Crippen LogP contribution >= 0.6 is 0 Å². The molecule has 1 rings (SSSR count). The smallest absolute Gasteiger partial charge is 0.358 e. The molecule has 6 heteroatoms. The Kier molecular flexibility index (Phi) is 6.49. The van der Waals surface area contributed by atoms with E-state index in [9.17, 15) is 4.79 Å². The van der Waals surface area contributed by atoms with Gasteiger partial charge in [-0.05, 0) is 38.0 Å². The fourth-order valence-corrected chi connectivity index (χ4v) is 1.90. The number of hydrogen-bond acceptors (Lipinski definition) is 4. The van der Waals surface area contributed by atoms with Crippen LogP contribution in [0.5, 0.6) is 0 Å². The van der Waals surface area contributed by atoms with Gasteiger partial charge in [0.15, 0.2) is 5.69 Å². The number of carboxylic acid groups (broad SMARTS) is 1. The van der Waals surface area contributed by atoms with E-state index in [0.29, 0.717) is 24.6 Å². The third kappa shape index (κ3) is 4.98. The van der Waals surface area contributed by atoms with Crippen LogP contribution in [0.4, 0.5) is 0 Å². The molecule has 0 saturated heterocycles. The first kappa shape index (κ1) is 15.6. The second kappa shape index (κ2) is 7.89. The molecule has 2 N–H and O–H groups in total. The van der Waals surface area contributed by atoms with Crippen molar-refractivity contribution >= 4 is 5.97 Å². The first-order chi connectivity index (χ1) is 9.06. The summed E-state index contributed by atoms with van der Waals surface area (Å²) in [6, 6.07) is 0. The molecule has 0 radical (unpaired) electrons. The molecular formula is C13H23N3O3. The molecule has 0 bridgehead atoms. The third-order valence-corrected chi connectivity index (χ3v) is 3.03. The Bertz CT molecular complexity index is 402. The molecule has 0 fully saturated rings. The summed E-state index contributed by atoms with van der Waals surface area (Å²) in [5.41, 5.74) is 0.785. The highest BCUT2D eigenvalue weighted by Crippen LogP contribution is 2.13. The zero-order valence-electron chi connectivity index (χ0n) is 11.7. The lowest BCUT2D eigenvalue weighted by Gasteiger charge is -2.08. The van der Waals surface area contributed by atoms with Gasteiger partial charge in [-0.15, -0.1) is 5.10 Å². The van der Waals surface area contributed by atoms with Gasteiger partial charge in [0.25, 0.3) is 0 Å². The van der Waals surface area contributed by atoms with Crippen LogP contribution in [0.1, 0.15) is 55.7 Å². The van der Waals surface area contributed by atoms with Gasteiger partial charge in [-0.3, -0.25) is 0 Å². The Morgan fingerprint density at radius 3 is 2.63 bits per heavy atom. The van der Waals surface area contributed by atoms with Crippen LogP contribution in [-0.2, 0) is 13.0 Å². The quantitative estimate of drug-likeness (QED) is 0.666. The van der Waals surface area contributed by atoms with E-state index in [4.69, 9.17) is 10.2 Å². The largest absolute Gasteiger partial charge is 0.476 e. The summed E-state index contributed by atoms with van der Waals surface area (Å²) in [4.78, 5) is 11.1. The molecule has 0 spiro atoms. The summed E-state index contributed by atoms with van der Waals surface area (Å²) in [7, 11) is 0. The molecule has 6 nitrogen and oxygen atoms in total. The van der Waals surface area contributed by atoms with Gasteiger partial charge in [-0.1, -0.05) is 19.1 Å². The van der Waals surface area contributed by atoms with Crippen molar-refractivity contribution in [3.63, 3.8) is 0 Å². The number of aliphatic hydroxyl groups excluding tert-OH is 1. The number of nitrogens with zero attached hydrogens (tertiary/aromatic N) is 3. The van der Waals surface area contributed by atoms with Crippen LogP contribution in [0.3, 0.4) is 0 Å². The van der Waals surface area contributed by atoms with Crippen LogP contribution in [0.2, 0.25) is 0 Å². The third-order valence-electron chi connectivity index (χ3n) is 3.03. The van der Waals surface area contributed by atoms with Crippen molar-refractivity contribution in [1.82, 2.24) is 15.0 Å². The normalized spacial score (nSPS) is 11.2. The SMILES string of the molecule is CC(C)CCc1c(C(=O)O)nnn1CCCCCO. The highest BCUT2D eigenvalue weighted by Gasteiger charge is 2.18. The first-order valence-corrected chi connectivity index (χ1v) is 6.82. The van der Waals surface area contributed by atoms with Gasteiger partial charge in [0.1, 0.15) is 0 Å². The second-order valence-electron chi connectivity index (χ2n) is 5.13. The van der Waals surface area contributed by atoms with Gasteiger partial charge in [-0.25, -0.2) is 9.48 Å². The highest BCUT2D eigenvalue weighted by molar-refractivity contribution is 5.86. The van der Waals surface area contributed by atoms with E-state index in [1.807, 2.05) is 0 Å². The van der Waals surface area contributed by atoms with Crippen molar-refractivity contribution in [2.45, 2.75) is 52.5 Å². The molecule has 0 aliphatic rings. The van der Waals surface area contributed by atoms with E-state index in [1.54, 1.807) is 4.68 Å². The number of hydrogen-bond donors (Lipinski definition) is 2. The molecule has 0 aromatic carbocycles. The molecule has 0 atom stereocenters. The lowest BCUT2D eigenvalue weighted by Crippen LogP contribution is -2.10. The van der Waals surface area contributed by atoms with Gasteiger partial charge in [0, 0.05) is 13.2 Å². The molecule has 1 aromatic rings. The lowest BCUT2D eigenvalue weighted by atomic mass is 10.1. The fraction of sp³-hybridized carbons (Fsp3) is 0.769. The molecular weight excluding hydrogens is 246 g/mol. The zero-order chi connectivity index (χ0) is 14.3. The second-order valence-corrected chi connectivity index (χ2v) is 5.13. The molecule has 0 aliphatic carbocycles. The Morgan fingerprint density at radius 1 is 1.32 bits per heavy atom. The maximum absolute atomic E-state index is 11.1. The minimum Gasteiger partial charge on any atom is -0.476 e. The van der Waals surface area contributed by atoms with E-state index < -0.39 is 5.97 Å². The predicted molar refractivity (Wildman–Crippen MR) is 71.1 cm³/mol. The van der Waals surface area contributed by atoms with Gasteiger partial charge in [-0.2, -0.15) is 0 Å². The number of aromatic carboxylic acids is 1. The van der Waals surface area contributed by atoms with E-state index in [2.05, 4.69) is 24.2 Å². The van der Waals surface area contributed by atoms with Crippen molar-refractivity contribution in [3.8, 4) is 0 Å². The minimum atomic E-state index is -1.01. The van der Waals surface area contributed by atoms with Crippen LogP contribution in [0, 0.1) is 5.92 Å². The predicted octanol–water partition coefficient (Wildman–Crippen LogP) is 1.73. The Hall–Kier alpha value is -1.43. The summed E-state index contributed by atoms with van der Waals surface area (Å²) in [5.74, 6) is -0.500. The number of unbranched alkanes of at least 4 members (excludes halogenated alkanes) is 2. The summed E-state index contributed by atoms with van der Waals surface area (Å²) in [6.45, 7) is 5.07. The van der Waals surface area contributed by atoms with E-state index in [0.717, 1.165) is 25.7 Å².